The molecule has 8 nitrogen and oxygen atoms in total. The van der Waals surface area contributed by atoms with E-state index in [2.05, 4.69) is 21.0 Å². The van der Waals surface area contributed by atoms with Crippen LogP contribution in [0, 0.1) is 0 Å². The molecule has 3 aromatic heterocycles. The zero-order chi connectivity index (χ0) is 20.6. The second kappa shape index (κ2) is 7.29. The number of imidazole rings is 1. The Hall–Kier alpha value is -3.26. The van der Waals surface area contributed by atoms with Crippen molar-refractivity contribution in [3.63, 3.8) is 0 Å². The molecule has 0 aliphatic carbocycles. The molecule has 4 aromatic rings. The lowest BCUT2D eigenvalue weighted by Gasteiger charge is -2.19. The first-order valence-electron chi connectivity index (χ1n) is 9.53. The molecule has 0 radical (unpaired) electrons. The number of aromatic nitrogens is 5. The summed E-state index contributed by atoms with van der Waals surface area (Å²) in [6.07, 6.45) is 7.09. The van der Waals surface area contributed by atoms with Crippen LogP contribution in [0.25, 0.3) is 22.1 Å². The summed E-state index contributed by atoms with van der Waals surface area (Å²) in [5.74, 6) is 0. The van der Waals surface area contributed by atoms with Crippen molar-refractivity contribution in [3.05, 3.63) is 54.4 Å². The molecule has 0 saturated heterocycles. The number of hydrogen-bond acceptors (Lipinski definition) is 6. The predicted molar refractivity (Wildman–Crippen MR) is 111 cm³/mol. The van der Waals surface area contributed by atoms with E-state index in [9.17, 15) is 4.79 Å². The average molecular weight is 392 g/mol. The second-order valence-corrected chi connectivity index (χ2v) is 8.00. The van der Waals surface area contributed by atoms with Crippen molar-refractivity contribution in [3.8, 4) is 0 Å². The van der Waals surface area contributed by atoms with Crippen LogP contribution in [-0.2, 0) is 17.7 Å². The summed E-state index contributed by atoms with van der Waals surface area (Å²) in [7, 11) is 0. The van der Waals surface area contributed by atoms with Crippen molar-refractivity contribution >= 4 is 28.2 Å². The highest BCUT2D eigenvalue weighted by atomic mass is 16.6. The molecule has 0 aliphatic rings. The lowest BCUT2D eigenvalue weighted by Crippen LogP contribution is -2.26. The van der Waals surface area contributed by atoms with Crippen LogP contribution in [0.5, 0.6) is 0 Å². The molecule has 0 atom stereocenters. The van der Waals surface area contributed by atoms with Gasteiger partial charge >= 0.3 is 6.09 Å². The zero-order valence-corrected chi connectivity index (χ0v) is 16.8. The molecule has 2 N–H and O–H groups in total. The number of nitrogens with two attached hydrogens (primary N) is 1. The lowest BCUT2D eigenvalue weighted by molar-refractivity contribution is 0.0544. The Balaban J connectivity index is 1.73. The fraction of sp³-hybridized carbons (Fsp3) is 0.333. The predicted octanol–water partition coefficient (Wildman–Crippen LogP) is 3.11. The van der Waals surface area contributed by atoms with Crippen LogP contribution in [0.1, 0.15) is 31.9 Å². The maximum Gasteiger partial charge on any atom is 0.419 e. The van der Waals surface area contributed by atoms with Crippen LogP contribution < -0.4 is 5.73 Å². The molecule has 3 heterocycles. The van der Waals surface area contributed by atoms with Crippen LogP contribution in [0.2, 0.25) is 0 Å². The molecule has 4 rings (SSSR count). The minimum absolute atomic E-state index is 0.393. The van der Waals surface area contributed by atoms with Crippen LogP contribution in [0.15, 0.2) is 43.2 Å². The van der Waals surface area contributed by atoms with E-state index in [0.29, 0.717) is 19.5 Å². The summed E-state index contributed by atoms with van der Waals surface area (Å²) >= 11 is 0. The standard InChI is InChI=1S/C21H24N6O2/c1-21(2,3)29-20(28)27-11-15(6-7-22)16-8-14(4-5-18(16)27)10-26-13-25-17-9-23-12-24-19(17)26/h4-5,8-9,11-13H,6-7,10,22H2,1-3H3. The SMILES string of the molecule is CC(C)(C)OC(=O)n1cc(CCN)c2cc(Cn3cnc4cncnc43)ccc21. The molecular formula is C21H24N6O2. The molecule has 0 bridgehead atoms. The smallest absolute Gasteiger partial charge is 0.419 e. The quantitative estimate of drug-likeness (QED) is 0.573. The van der Waals surface area contributed by atoms with Crippen molar-refractivity contribution < 1.29 is 9.53 Å². The van der Waals surface area contributed by atoms with Gasteiger partial charge in [0.1, 0.15) is 17.4 Å². The summed E-state index contributed by atoms with van der Waals surface area (Å²) in [6.45, 7) is 6.68. The van der Waals surface area contributed by atoms with Crippen LogP contribution in [-0.4, -0.2) is 42.3 Å². The van der Waals surface area contributed by atoms with E-state index in [1.54, 1.807) is 17.1 Å². The van der Waals surface area contributed by atoms with E-state index in [1.165, 1.54) is 6.33 Å². The molecule has 8 heteroatoms. The van der Waals surface area contributed by atoms with Gasteiger partial charge in [0, 0.05) is 11.6 Å². The third-order valence-corrected chi connectivity index (χ3v) is 4.59. The number of carbonyl (C=O) groups excluding carboxylic acids is 1. The molecule has 0 aliphatic heterocycles. The minimum atomic E-state index is -0.564. The van der Waals surface area contributed by atoms with Gasteiger partial charge in [0.15, 0.2) is 5.65 Å². The first kappa shape index (κ1) is 19.1. The van der Waals surface area contributed by atoms with E-state index < -0.39 is 11.7 Å². The van der Waals surface area contributed by atoms with Gasteiger partial charge in [-0.25, -0.2) is 19.7 Å². The number of ether oxygens (including phenoxy) is 1. The van der Waals surface area contributed by atoms with Crippen molar-refractivity contribution in [2.45, 2.75) is 39.3 Å². The lowest BCUT2D eigenvalue weighted by atomic mass is 10.1. The van der Waals surface area contributed by atoms with Crippen molar-refractivity contribution in [2.24, 2.45) is 5.73 Å². The van der Waals surface area contributed by atoms with Gasteiger partial charge in [-0.1, -0.05) is 6.07 Å². The molecule has 29 heavy (non-hydrogen) atoms. The molecule has 0 fully saturated rings. The molecular weight excluding hydrogens is 368 g/mol. The summed E-state index contributed by atoms with van der Waals surface area (Å²) in [4.78, 5) is 25.3. The number of rotatable bonds is 4. The molecule has 0 saturated carbocycles. The maximum absolute atomic E-state index is 12.7. The second-order valence-electron chi connectivity index (χ2n) is 8.00. The number of fused-ring (bicyclic) bond motifs is 2. The van der Waals surface area contributed by atoms with E-state index in [4.69, 9.17) is 10.5 Å². The van der Waals surface area contributed by atoms with E-state index >= 15 is 0 Å². The number of nitrogens with zero attached hydrogens (tertiary/aromatic N) is 5. The van der Waals surface area contributed by atoms with Gasteiger partial charge in [-0.05, 0) is 57.0 Å². The third-order valence-electron chi connectivity index (χ3n) is 4.59. The Morgan fingerprint density at radius 3 is 2.83 bits per heavy atom. The highest BCUT2D eigenvalue weighted by Crippen LogP contribution is 2.25. The molecule has 1 aromatic carbocycles. The maximum atomic E-state index is 12.7. The normalized spacial score (nSPS) is 12.0. The monoisotopic (exact) mass is 392 g/mol. The van der Waals surface area contributed by atoms with E-state index in [0.717, 1.165) is 33.2 Å². The number of benzene rings is 1. The van der Waals surface area contributed by atoms with Gasteiger partial charge in [-0.3, -0.25) is 4.57 Å². The highest BCUT2D eigenvalue weighted by molar-refractivity contribution is 5.92. The molecule has 150 valence electrons. The largest absolute Gasteiger partial charge is 0.443 e. The molecule has 0 amide bonds. The Kier molecular flexibility index (Phi) is 4.79. The average Bonchev–Trinajstić information content (AvgIpc) is 3.23. The third kappa shape index (κ3) is 3.84. The zero-order valence-electron chi connectivity index (χ0n) is 16.8. The fourth-order valence-electron chi connectivity index (χ4n) is 3.39. The van der Waals surface area contributed by atoms with Crippen molar-refractivity contribution in [1.82, 2.24) is 24.1 Å². The van der Waals surface area contributed by atoms with Gasteiger partial charge in [-0.15, -0.1) is 0 Å². The van der Waals surface area contributed by atoms with Gasteiger partial charge in [-0.2, -0.15) is 0 Å². The number of carbonyl (C=O) groups is 1. The topological polar surface area (TPSA) is 101 Å². The first-order chi connectivity index (χ1) is 13.9. The van der Waals surface area contributed by atoms with Gasteiger partial charge < -0.3 is 15.0 Å². The summed E-state index contributed by atoms with van der Waals surface area (Å²) in [6, 6.07) is 6.04. The summed E-state index contributed by atoms with van der Waals surface area (Å²) in [5.41, 5.74) is 9.69. The summed E-state index contributed by atoms with van der Waals surface area (Å²) in [5, 5.41) is 0.998. The Labute approximate surface area is 168 Å². The minimum Gasteiger partial charge on any atom is -0.443 e. The van der Waals surface area contributed by atoms with Crippen LogP contribution in [0.3, 0.4) is 0 Å². The highest BCUT2D eigenvalue weighted by Gasteiger charge is 2.21. The van der Waals surface area contributed by atoms with Crippen molar-refractivity contribution in [2.75, 3.05) is 6.54 Å². The van der Waals surface area contributed by atoms with E-state index in [1.807, 2.05) is 43.7 Å². The fourth-order valence-corrected chi connectivity index (χ4v) is 3.39. The molecule has 0 unspecified atom stereocenters. The number of hydrogen-bond donors (Lipinski definition) is 1. The van der Waals surface area contributed by atoms with E-state index in [-0.39, 0.29) is 0 Å². The Bertz CT molecular complexity index is 1190. The van der Waals surface area contributed by atoms with Crippen LogP contribution in [0.4, 0.5) is 4.79 Å². The Morgan fingerprint density at radius 1 is 1.24 bits per heavy atom. The Morgan fingerprint density at radius 2 is 2.07 bits per heavy atom. The molecule has 0 spiro atoms. The first-order valence-corrected chi connectivity index (χ1v) is 9.53. The van der Waals surface area contributed by atoms with Gasteiger partial charge in [0.25, 0.3) is 0 Å². The van der Waals surface area contributed by atoms with Gasteiger partial charge in [0.2, 0.25) is 0 Å². The van der Waals surface area contributed by atoms with Gasteiger partial charge in [0.05, 0.1) is 24.6 Å². The summed E-state index contributed by atoms with van der Waals surface area (Å²) < 4.78 is 9.10. The van der Waals surface area contributed by atoms with Crippen LogP contribution >= 0.6 is 0 Å². The van der Waals surface area contributed by atoms with Crippen molar-refractivity contribution in [1.29, 1.82) is 0 Å².